The van der Waals surface area contributed by atoms with E-state index in [1.807, 2.05) is 0 Å². The van der Waals surface area contributed by atoms with Crippen molar-refractivity contribution in [1.29, 1.82) is 0 Å². The van der Waals surface area contributed by atoms with Gasteiger partial charge in [0.15, 0.2) is 0 Å². The van der Waals surface area contributed by atoms with Gasteiger partial charge in [-0.15, -0.1) is 0 Å². The Kier molecular flexibility index (Phi) is 2.31. The fraction of sp³-hybridized carbons (Fsp3) is 0.909. The van der Waals surface area contributed by atoms with Gasteiger partial charge in [0.05, 0.1) is 0 Å². The zero-order chi connectivity index (χ0) is 9.42. The molecule has 1 heterocycles. The summed E-state index contributed by atoms with van der Waals surface area (Å²) in [6.45, 7) is 4.38. The Morgan fingerprint density at radius 1 is 1.08 bits per heavy atom. The van der Waals surface area contributed by atoms with E-state index in [-0.39, 0.29) is 0 Å². The zero-order valence-electron chi connectivity index (χ0n) is 8.62. The lowest BCUT2D eigenvalue weighted by atomic mass is 9.97. The van der Waals surface area contributed by atoms with Crippen LogP contribution in [0.1, 0.15) is 46.0 Å². The molecule has 13 heavy (non-hydrogen) atoms. The van der Waals surface area contributed by atoms with E-state index in [1.54, 1.807) is 0 Å². The maximum Gasteiger partial charge on any atom is 0.226 e. The highest BCUT2D eigenvalue weighted by molar-refractivity contribution is 5.81. The Morgan fingerprint density at radius 3 is 2.08 bits per heavy atom. The predicted octanol–water partition coefficient (Wildman–Crippen LogP) is 2.19. The maximum absolute atomic E-state index is 11.9. The molecule has 1 amide bonds. The van der Waals surface area contributed by atoms with Crippen LogP contribution in [-0.4, -0.2) is 22.9 Å². The largest absolute Gasteiger partial charge is 0.337 e. The summed E-state index contributed by atoms with van der Waals surface area (Å²) in [5.41, 5.74) is 0. The Bertz CT molecular complexity index is 200. The molecule has 74 valence electrons. The van der Waals surface area contributed by atoms with E-state index in [0.29, 0.717) is 23.9 Å². The standard InChI is InChI=1S/C11H19NO/c1-8-4-3-5-9(2)12(8)11(13)10-6-7-10/h8-10H,3-7H2,1-2H3/t8-,9+. The number of amides is 1. The van der Waals surface area contributed by atoms with Crippen LogP contribution >= 0.6 is 0 Å². The predicted molar refractivity (Wildman–Crippen MR) is 52.3 cm³/mol. The fourth-order valence-corrected chi connectivity index (χ4v) is 2.40. The summed E-state index contributed by atoms with van der Waals surface area (Å²) in [4.78, 5) is 14.0. The van der Waals surface area contributed by atoms with Crippen LogP contribution in [0.3, 0.4) is 0 Å². The van der Waals surface area contributed by atoms with Crippen LogP contribution in [0.25, 0.3) is 0 Å². The lowest BCUT2D eigenvalue weighted by molar-refractivity contribution is -0.138. The molecule has 0 aromatic carbocycles. The van der Waals surface area contributed by atoms with E-state index >= 15 is 0 Å². The number of likely N-dealkylation sites (tertiary alicyclic amines) is 1. The molecular weight excluding hydrogens is 162 g/mol. The summed E-state index contributed by atoms with van der Waals surface area (Å²) >= 11 is 0. The molecule has 0 unspecified atom stereocenters. The van der Waals surface area contributed by atoms with Gasteiger partial charge in [-0.05, 0) is 46.0 Å². The first kappa shape index (κ1) is 9.04. The maximum atomic E-state index is 11.9. The number of rotatable bonds is 1. The monoisotopic (exact) mass is 181 g/mol. The van der Waals surface area contributed by atoms with Gasteiger partial charge < -0.3 is 4.90 Å². The van der Waals surface area contributed by atoms with Crippen LogP contribution in [0.2, 0.25) is 0 Å². The lowest BCUT2D eigenvalue weighted by Crippen LogP contribution is -2.48. The normalized spacial score (nSPS) is 34.8. The third kappa shape index (κ3) is 1.72. The van der Waals surface area contributed by atoms with Crippen molar-refractivity contribution >= 4 is 5.91 Å². The molecule has 0 bridgehead atoms. The smallest absolute Gasteiger partial charge is 0.226 e. The number of piperidine rings is 1. The molecule has 0 spiro atoms. The van der Waals surface area contributed by atoms with Gasteiger partial charge in [0.1, 0.15) is 0 Å². The van der Waals surface area contributed by atoms with Gasteiger partial charge in [-0.25, -0.2) is 0 Å². The van der Waals surface area contributed by atoms with Gasteiger partial charge in [-0.2, -0.15) is 0 Å². The fourth-order valence-electron chi connectivity index (χ4n) is 2.40. The summed E-state index contributed by atoms with van der Waals surface area (Å²) in [7, 11) is 0. The minimum absolute atomic E-state index is 0.392. The molecule has 1 aliphatic carbocycles. The van der Waals surface area contributed by atoms with Gasteiger partial charge in [0.2, 0.25) is 5.91 Å². The molecule has 2 aliphatic rings. The summed E-state index contributed by atoms with van der Waals surface area (Å²) in [5.74, 6) is 0.822. The average Bonchev–Trinajstić information content (AvgIpc) is 2.85. The highest BCUT2D eigenvalue weighted by Crippen LogP contribution is 2.34. The van der Waals surface area contributed by atoms with Crippen LogP contribution in [0.5, 0.6) is 0 Å². The van der Waals surface area contributed by atoms with E-state index in [1.165, 1.54) is 19.3 Å². The summed E-state index contributed by atoms with van der Waals surface area (Å²) in [5, 5.41) is 0. The van der Waals surface area contributed by atoms with Gasteiger partial charge in [0, 0.05) is 18.0 Å². The summed E-state index contributed by atoms with van der Waals surface area (Å²) in [6.07, 6.45) is 5.95. The molecule has 2 heteroatoms. The van der Waals surface area contributed by atoms with Crippen LogP contribution in [0.4, 0.5) is 0 Å². The van der Waals surface area contributed by atoms with Crippen molar-refractivity contribution in [2.45, 2.75) is 58.0 Å². The zero-order valence-corrected chi connectivity index (χ0v) is 8.62. The molecule has 2 atom stereocenters. The molecule has 0 radical (unpaired) electrons. The first-order valence-corrected chi connectivity index (χ1v) is 5.52. The van der Waals surface area contributed by atoms with Crippen molar-refractivity contribution in [3.05, 3.63) is 0 Å². The molecule has 1 aliphatic heterocycles. The Morgan fingerprint density at radius 2 is 1.62 bits per heavy atom. The Hall–Kier alpha value is -0.530. The number of hydrogen-bond donors (Lipinski definition) is 0. The second-order valence-corrected chi connectivity index (χ2v) is 4.65. The van der Waals surface area contributed by atoms with Gasteiger partial charge in [-0.3, -0.25) is 4.79 Å². The summed E-state index contributed by atoms with van der Waals surface area (Å²) in [6, 6.07) is 0.966. The van der Waals surface area contributed by atoms with Crippen molar-refractivity contribution in [2.24, 2.45) is 5.92 Å². The molecule has 1 saturated heterocycles. The topological polar surface area (TPSA) is 20.3 Å². The van der Waals surface area contributed by atoms with Gasteiger partial charge in [-0.1, -0.05) is 0 Å². The molecule has 0 aromatic rings. The van der Waals surface area contributed by atoms with Gasteiger partial charge >= 0.3 is 0 Å². The third-order valence-corrected chi connectivity index (χ3v) is 3.37. The number of hydrogen-bond acceptors (Lipinski definition) is 1. The van der Waals surface area contributed by atoms with Crippen molar-refractivity contribution in [1.82, 2.24) is 4.90 Å². The average molecular weight is 181 g/mol. The highest BCUT2D eigenvalue weighted by atomic mass is 16.2. The van der Waals surface area contributed by atoms with E-state index < -0.39 is 0 Å². The lowest BCUT2D eigenvalue weighted by Gasteiger charge is -2.39. The van der Waals surface area contributed by atoms with E-state index in [9.17, 15) is 4.79 Å². The number of nitrogens with zero attached hydrogens (tertiary/aromatic N) is 1. The third-order valence-electron chi connectivity index (χ3n) is 3.37. The highest BCUT2D eigenvalue weighted by Gasteiger charge is 2.38. The van der Waals surface area contributed by atoms with Crippen LogP contribution in [-0.2, 0) is 4.79 Å². The first-order valence-electron chi connectivity index (χ1n) is 5.52. The van der Waals surface area contributed by atoms with E-state index in [2.05, 4.69) is 18.7 Å². The molecule has 0 aromatic heterocycles. The van der Waals surface area contributed by atoms with Crippen LogP contribution in [0.15, 0.2) is 0 Å². The minimum atomic E-state index is 0.392. The molecule has 0 N–H and O–H groups in total. The molecular formula is C11H19NO. The molecule has 2 fully saturated rings. The summed E-state index contributed by atoms with van der Waals surface area (Å²) < 4.78 is 0. The minimum Gasteiger partial charge on any atom is -0.337 e. The van der Waals surface area contributed by atoms with Crippen LogP contribution in [0, 0.1) is 5.92 Å². The molecule has 2 nitrogen and oxygen atoms in total. The van der Waals surface area contributed by atoms with Gasteiger partial charge in [0.25, 0.3) is 0 Å². The van der Waals surface area contributed by atoms with E-state index in [0.717, 1.165) is 12.8 Å². The SMILES string of the molecule is C[C@@H]1CCC[C@H](C)N1C(=O)C1CC1. The molecule has 1 saturated carbocycles. The second-order valence-electron chi connectivity index (χ2n) is 4.65. The molecule has 2 rings (SSSR count). The quantitative estimate of drug-likeness (QED) is 0.607. The number of carbonyl (C=O) groups excluding carboxylic acids is 1. The van der Waals surface area contributed by atoms with Crippen molar-refractivity contribution in [3.63, 3.8) is 0 Å². The second kappa shape index (κ2) is 3.32. The van der Waals surface area contributed by atoms with Crippen LogP contribution < -0.4 is 0 Å². The first-order chi connectivity index (χ1) is 6.20. The van der Waals surface area contributed by atoms with Crippen molar-refractivity contribution in [2.75, 3.05) is 0 Å². The van der Waals surface area contributed by atoms with E-state index in [4.69, 9.17) is 0 Å². The number of carbonyl (C=O) groups is 1. The van der Waals surface area contributed by atoms with Crippen molar-refractivity contribution < 1.29 is 4.79 Å². The Labute approximate surface area is 80.3 Å². The Balaban J connectivity index is 2.03. The van der Waals surface area contributed by atoms with Crippen molar-refractivity contribution in [3.8, 4) is 0 Å².